The standard InChI is InChI=1S/C14H17BrN2O2/c1-2-9-16-14(19)10-17-13(18)8-7-11-5-3-4-6-12(11)15/h3-8H,2,9-10H2,1H3,(H,16,19)(H,17,18)/b8-7+. The van der Waals surface area contributed by atoms with E-state index in [0.29, 0.717) is 6.54 Å². The van der Waals surface area contributed by atoms with E-state index in [9.17, 15) is 9.59 Å². The Morgan fingerprint density at radius 3 is 2.68 bits per heavy atom. The van der Waals surface area contributed by atoms with Crippen LogP contribution in [0.2, 0.25) is 0 Å². The number of hydrogen-bond donors (Lipinski definition) is 2. The second kappa shape index (κ2) is 8.48. The maximum atomic E-state index is 11.5. The van der Waals surface area contributed by atoms with Gasteiger partial charge in [-0.05, 0) is 24.1 Å². The Labute approximate surface area is 121 Å². The highest BCUT2D eigenvalue weighted by Crippen LogP contribution is 2.16. The average Bonchev–Trinajstić information content (AvgIpc) is 2.42. The lowest BCUT2D eigenvalue weighted by Gasteiger charge is -2.03. The lowest BCUT2D eigenvalue weighted by Crippen LogP contribution is -2.36. The van der Waals surface area contributed by atoms with E-state index in [1.54, 1.807) is 6.08 Å². The molecule has 0 spiro atoms. The van der Waals surface area contributed by atoms with Gasteiger partial charge in [0.05, 0.1) is 6.54 Å². The summed E-state index contributed by atoms with van der Waals surface area (Å²) in [5.41, 5.74) is 0.910. The SMILES string of the molecule is CCCNC(=O)CNC(=O)/C=C/c1ccccc1Br. The average molecular weight is 325 g/mol. The number of halogens is 1. The molecule has 2 amide bonds. The van der Waals surface area contributed by atoms with Gasteiger partial charge in [0, 0.05) is 17.1 Å². The van der Waals surface area contributed by atoms with E-state index in [2.05, 4.69) is 26.6 Å². The molecule has 0 aromatic heterocycles. The molecule has 1 aromatic rings. The van der Waals surface area contributed by atoms with E-state index in [1.807, 2.05) is 31.2 Å². The van der Waals surface area contributed by atoms with Crippen LogP contribution in [-0.2, 0) is 9.59 Å². The summed E-state index contributed by atoms with van der Waals surface area (Å²) >= 11 is 3.39. The van der Waals surface area contributed by atoms with Crippen molar-refractivity contribution in [3.05, 3.63) is 40.4 Å². The minimum absolute atomic E-state index is 0.000860. The third-order valence-electron chi connectivity index (χ3n) is 2.31. The number of carbonyl (C=O) groups is 2. The Kier molecular flexibility index (Phi) is 6.89. The monoisotopic (exact) mass is 324 g/mol. The summed E-state index contributed by atoms with van der Waals surface area (Å²) in [6.45, 7) is 2.60. The van der Waals surface area contributed by atoms with Crippen molar-refractivity contribution in [3.63, 3.8) is 0 Å². The van der Waals surface area contributed by atoms with Crippen molar-refractivity contribution < 1.29 is 9.59 Å². The molecular formula is C14H17BrN2O2. The fourth-order valence-corrected chi connectivity index (χ4v) is 1.75. The molecule has 1 aromatic carbocycles. The Balaban J connectivity index is 2.39. The number of hydrogen-bond acceptors (Lipinski definition) is 2. The molecule has 1 rings (SSSR count). The molecule has 0 saturated carbocycles. The van der Waals surface area contributed by atoms with E-state index in [0.717, 1.165) is 16.5 Å². The molecule has 0 aliphatic carbocycles. The summed E-state index contributed by atoms with van der Waals surface area (Å²) in [6, 6.07) is 7.58. The molecule has 0 radical (unpaired) electrons. The molecule has 0 aliphatic rings. The van der Waals surface area contributed by atoms with Gasteiger partial charge < -0.3 is 10.6 Å². The van der Waals surface area contributed by atoms with Crippen LogP contribution in [-0.4, -0.2) is 24.9 Å². The van der Waals surface area contributed by atoms with E-state index < -0.39 is 0 Å². The van der Waals surface area contributed by atoms with Crippen LogP contribution in [0.3, 0.4) is 0 Å². The molecule has 0 fully saturated rings. The zero-order valence-corrected chi connectivity index (χ0v) is 12.4. The molecule has 0 atom stereocenters. The van der Waals surface area contributed by atoms with Gasteiger partial charge >= 0.3 is 0 Å². The highest BCUT2D eigenvalue weighted by molar-refractivity contribution is 9.10. The Hall–Kier alpha value is -1.62. The molecule has 102 valence electrons. The second-order valence-corrected chi connectivity index (χ2v) is 4.78. The molecular weight excluding hydrogens is 308 g/mol. The number of nitrogens with one attached hydrogen (secondary N) is 2. The van der Waals surface area contributed by atoms with E-state index in [1.165, 1.54) is 6.08 Å². The van der Waals surface area contributed by atoms with Gasteiger partial charge in [0.15, 0.2) is 0 Å². The van der Waals surface area contributed by atoms with Gasteiger partial charge in [0.1, 0.15) is 0 Å². The predicted molar refractivity (Wildman–Crippen MR) is 79.5 cm³/mol. The maximum absolute atomic E-state index is 11.5. The lowest BCUT2D eigenvalue weighted by atomic mass is 10.2. The summed E-state index contributed by atoms with van der Waals surface area (Å²) in [4.78, 5) is 22.8. The van der Waals surface area contributed by atoms with Gasteiger partial charge in [0.2, 0.25) is 11.8 Å². The maximum Gasteiger partial charge on any atom is 0.244 e. The fraction of sp³-hybridized carbons (Fsp3) is 0.286. The fourth-order valence-electron chi connectivity index (χ4n) is 1.33. The predicted octanol–water partition coefficient (Wildman–Crippen LogP) is 2.10. The topological polar surface area (TPSA) is 58.2 Å². The molecule has 0 aliphatic heterocycles. The normalized spacial score (nSPS) is 10.4. The molecule has 5 heteroatoms. The number of carbonyl (C=O) groups excluding carboxylic acids is 2. The largest absolute Gasteiger partial charge is 0.355 e. The van der Waals surface area contributed by atoms with Crippen molar-refractivity contribution in [1.82, 2.24) is 10.6 Å². The van der Waals surface area contributed by atoms with E-state index in [4.69, 9.17) is 0 Å². The first-order valence-corrected chi connectivity index (χ1v) is 6.90. The van der Waals surface area contributed by atoms with Gasteiger partial charge in [-0.25, -0.2) is 0 Å². The molecule has 0 unspecified atom stereocenters. The molecule has 0 heterocycles. The minimum Gasteiger partial charge on any atom is -0.355 e. The highest BCUT2D eigenvalue weighted by atomic mass is 79.9. The summed E-state index contributed by atoms with van der Waals surface area (Å²) in [5, 5.41) is 5.21. The van der Waals surface area contributed by atoms with Crippen LogP contribution in [0, 0.1) is 0 Å². The van der Waals surface area contributed by atoms with Crippen molar-refractivity contribution in [3.8, 4) is 0 Å². The Morgan fingerprint density at radius 2 is 2.00 bits per heavy atom. The number of amides is 2. The lowest BCUT2D eigenvalue weighted by molar-refractivity contribution is -0.123. The molecule has 0 bridgehead atoms. The molecule has 2 N–H and O–H groups in total. The van der Waals surface area contributed by atoms with Crippen molar-refractivity contribution in [2.24, 2.45) is 0 Å². The molecule has 19 heavy (non-hydrogen) atoms. The van der Waals surface area contributed by atoms with Gasteiger partial charge in [-0.2, -0.15) is 0 Å². The minimum atomic E-state index is -0.289. The van der Waals surface area contributed by atoms with Crippen molar-refractivity contribution in [2.75, 3.05) is 13.1 Å². The highest BCUT2D eigenvalue weighted by Gasteiger charge is 2.02. The summed E-state index contributed by atoms with van der Waals surface area (Å²) in [6.07, 6.45) is 3.98. The molecule has 0 saturated heterocycles. The van der Waals surface area contributed by atoms with Gasteiger partial charge in [-0.15, -0.1) is 0 Å². The van der Waals surface area contributed by atoms with Crippen LogP contribution >= 0.6 is 15.9 Å². The van der Waals surface area contributed by atoms with Crippen LogP contribution < -0.4 is 10.6 Å². The Bertz CT molecular complexity index is 472. The van der Waals surface area contributed by atoms with Crippen LogP contribution in [0.1, 0.15) is 18.9 Å². The van der Waals surface area contributed by atoms with Crippen molar-refractivity contribution >= 4 is 33.8 Å². The smallest absolute Gasteiger partial charge is 0.244 e. The van der Waals surface area contributed by atoms with E-state index in [-0.39, 0.29) is 18.4 Å². The third kappa shape index (κ3) is 6.20. The van der Waals surface area contributed by atoms with Gasteiger partial charge in [-0.3, -0.25) is 9.59 Å². The first-order chi connectivity index (χ1) is 9.13. The van der Waals surface area contributed by atoms with E-state index >= 15 is 0 Å². The van der Waals surface area contributed by atoms with Crippen LogP contribution in [0.15, 0.2) is 34.8 Å². The summed E-state index contributed by atoms with van der Waals surface area (Å²) in [5.74, 6) is -0.466. The first kappa shape index (κ1) is 15.4. The zero-order valence-electron chi connectivity index (χ0n) is 10.8. The quantitative estimate of drug-likeness (QED) is 0.787. The molecule has 4 nitrogen and oxygen atoms in total. The van der Waals surface area contributed by atoms with Gasteiger partial charge in [0.25, 0.3) is 0 Å². The van der Waals surface area contributed by atoms with Crippen molar-refractivity contribution in [2.45, 2.75) is 13.3 Å². The van der Waals surface area contributed by atoms with Crippen LogP contribution in [0.25, 0.3) is 6.08 Å². The Morgan fingerprint density at radius 1 is 1.26 bits per heavy atom. The summed E-state index contributed by atoms with van der Waals surface area (Å²) in [7, 11) is 0. The second-order valence-electron chi connectivity index (χ2n) is 3.92. The summed E-state index contributed by atoms with van der Waals surface area (Å²) < 4.78 is 0.916. The van der Waals surface area contributed by atoms with Crippen LogP contribution in [0.5, 0.6) is 0 Å². The number of benzene rings is 1. The first-order valence-electron chi connectivity index (χ1n) is 6.10. The number of rotatable bonds is 6. The van der Waals surface area contributed by atoms with Crippen molar-refractivity contribution in [1.29, 1.82) is 0 Å². The van der Waals surface area contributed by atoms with Crippen LogP contribution in [0.4, 0.5) is 0 Å². The van der Waals surface area contributed by atoms with Gasteiger partial charge in [-0.1, -0.05) is 41.1 Å². The zero-order chi connectivity index (χ0) is 14.1. The third-order valence-corrected chi connectivity index (χ3v) is 3.04.